The molecule has 0 aromatic rings. The minimum Gasteiger partial charge on any atom is -0.369 e. The highest BCUT2D eigenvalue weighted by atomic mass is 15.5. The SMILES string of the molecule is N=C(N)NNC(=N)NC12CC3CC(CC(C3)C1)C2. The normalized spacial score (nSPS) is 40.3. The molecule has 0 unspecified atom stereocenters. The van der Waals surface area contributed by atoms with Crippen LogP contribution in [0.3, 0.4) is 0 Å². The van der Waals surface area contributed by atoms with Gasteiger partial charge in [0, 0.05) is 5.54 Å². The summed E-state index contributed by atoms with van der Waals surface area (Å²) in [6, 6.07) is 0. The molecule has 0 radical (unpaired) electrons. The number of nitrogens with one attached hydrogen (secondary N) is 5. The van der Waals surface area contributed by atoms with Gasteiger partial charge in [-0.25, -0.2) is 0 Å². The largest absolute Gasteiger partial charge is 0.369 e. The Balaban J connectivity index is 1.61. The van der Waals surface area contributed by atoms with Crippen molar-refractivity contribution in [2.75, 3.05) is 0 Å². The fraction of sp³-hybridized carbons (Fsp3) is 0.833. The van der Waals surface area contributed by atoms with Gasteiger partial charge in [-0.2, -0.15) is 0 Å². The van der Waals surface area contributed by atoms with Crippen molar-refractivity contribution >= 4 is 11.9 Å². The third kappa shape index (κ3) is 2.11. The zero-order valence-electron chi connectivity index (χ0n) is 10.6. The van der Waals surface area contributed by atoms with E-state index < -0.39 is 0 Å². The number of nitrogens with two attached hydrogens (primary N) is 1. The summed E-state index contributed by atoms with van der Waals surface area (Å²) in [5.41, 5.74) is 10.4. The maximum atomic E-state index is 7.88. The molecule has 0 aromatic heterocycles. The van der Waals surface area contributed by atoms with Crippen LogP contribution in [0.15, 0.2) is 0 Å². The quantitative estimate of drug-likeness (QED) is 0.231. The molecule has 6 nitrogen and oxygen atoms in total. The van der Waals surface area contributed by atoms with E-state index in [9.17, 15) is 0 Å². The van der Waals surface area contributed by atoms with Crippen LogP contribution >= 0.6 is 0 Å². The van der Waals surface area contributed by atoms with Crippen LogP contribution in [0.4, 0.5) is 0 Å². The molecule has 100 valence electrons. The molecular weight excluding hydrogens is 228 g/mol. The van der Waals surface area contributed by atoms with Gasteiger partial charge in [0.15, 0.2) is 0 Å². The third-order valence-electron chi connectivity index (χ3n) is 4.75. The van der Waals surface area contributed by atoms with E-state index in [2.05, 4.69) is 16.2 Å². The number of hydrazine groups is 1. The minimum atomic E-state index is -0.174. The summed E-state index contributed by atoms with van der Waals surface area (Å²) in [5, 5.41) is 18.3. The van der Waals surface area contributed by atoms with Crippen LogP contribution in [0.1, 0.15) is 38.5 Å². The van der Waals surface area contributed by atoms with Gasteiger partial charge in [-0.05, 0) is 56.3 Å². The van der Waals surface area contributed by atoms with Crippen molar-refractivity contribution in [2.45, 2.75) is 44.1 Å². The topological polar surface area (TPSA) is 110 Å². The van der Waals surface area contributed by atoms with Crippen molar-refractivity contribution in [3.63, 3.8) is 0 Å². The number of guanidine groups is 2. The van der Waals surface area contributed by atoms with Crippen molar-refractivity contribution in [1.29, 1.82) is 10.8 Å². The van der Waals surface area contributed by atoms with Gasteiger partial charge in [0.25, 0.3) is 0 Å². The summed E-state index contributed by atoms with van der Waals surface area (Å²) in [7, 11) is 0. The Morgan fingerprint density at radius 2 is 1.44 bits per heavy atom. The van der Waals surface area contributed by atoms with Crippen LogP contribution in [0.2, 0.25) is 0 Å². The maximum Gasteiger partial charge on any atom is 0.207 e. The minimum absolute atomic E-state index is 0.122. The van der Waals surface area contributed by atoms with Crippen LogP contribution in [-0.2, 0) is 0 Å². The molecule has 0 saturated heterocycles. The lowest BCUT2D eigenvalue weighted by atomic mass is 9.53. The monoisotopic (exact) mass is 250 g/mol. The van der Waals surface area contributed by atoms with E-state index in [1.165, 1.54) is 38.5 Å². The molecule has 4 bridgehead atoms. The van der Waals surface area contributed by atoms with Gasteiger partial charge in [0.05, 0.1) is 0 Å². The van der Waals surface area contributed by atoms with Crippen LogP contribution in [0.25, 0.3) is 0 Å². The molecule has 0 aliphatic heterocycles. The molecule has 0 atom stereocenters. The average Bonchev–Trinajstić information content (AvgIpc) is 2.23. The highest BCUT2D eigenvalue weighted by molar-refractivity contribution is 5.82. The van der Waals surface area contributed by atoms with Gasteiger partial charge in [0.1, 0.15) is 0 Å². The fourth-order valence-electron chi connectivity index (χ4n) is 4.69. The van der Waals surface area contributed by atoms with Crippen LogP contribution in [-0.4, -0.2) is 17.5 Å². The Hall–Kier alpha value is -1.46. The summed E-state index contributed by atoms with van der Waals surface area (Å²) in [5.74, 6) is 2.63. The summed E-state index contributed by atoms with van der Waals surface area (Å²) in [6.07, 6.45) is 7.78. The molecule has 18 heavy (non-hydrogen) atoms. The van der Waals surface area contributed by atoms with E-state index >= 15 is 0 Å². The number of hydrogen-bond acceptors (Lipinski definition) is 2. The van der Waals surface area contributed by atoms with Crippen molar-refractivity contribution in [2.24, 2.45) is 23.5 Å². The van der Waals surface area contributed by atoms with Crippen molar-refractivity contribution in [1.82, 2.24) is 16.2 Å². The Morgan fingerprint density at radius 3 is 1.89 bits per heavy atom. The van der Waals surface area contributed by atoms with Gasteiger partial charge in [-0.15, -0.1) is 0 Å². The molecule has 0 aromatic carbocycles. The van der Waals surface area contributed by atoms with Crippen LogP contribution in [0, 0.1) is 28.6 Å². The smallest absolute Gasteiger partial charge is 0.207 e. The lowest BCUT2D eigenvalue weighted by molar-refractivity contribution is -0.0106. The van der Waals surface area contributed by atoms with Gasteiger partial charge >= 0.3 is 0 Å². The van der Waals surface area contributed by atoms with E-state index in [4.69, 9.17) is 16.6 Å². The lowest BCUT2D eigenvalue weighted by Gasteiger charge is -2.57. The second-order valence-corrected chi connectivity index (χ2v) is 6.36. The second kappa shape index (κ2) is 4.03. The molecule has 4 saturated carbocycles. The molecule has 6 heteroatoms. The summed E-state index contributed by atoms with van der Waals surface area (Å²) < 4.78 is 0. The van der Waals surface area contributed by atoms with E-state index in [-0.39, 0.29) is 17.5 Å². The predicted molar refractivity (Wildman–Crippen MR) is 70.0 cm³/mol. The van der Waals surface area contributed by atoms with Crippen LogP contribution in [0.5, 0.6) is 0 Å². The summed E-state index contributed by atoms with van der Waals surface area (Å²) >= 11 is 0. The first kappa shape index (κ1) is 11.6. The van der Waals surface area contributed by atoms with Gasteiger partial charge in [0.2, 0.25) is 11.9 Å². The van der Waals surface area contributed by atoms with E-state index in [0.717, 1.165) is 17.8 Å². The molecule has 0 amide bonds. The average molecular weight is 250 g/mol. The Bertz CT molecular complexity index is 341. The van der Waals surface area contributed by atoms with Crippen molar-refractivity contribution < 1.29 is 0 Å². The first-order chi connectivity index (χ1) is 8.55. The molecule has 4 aliphatic rings. The first-order valence-corrected chi connectivity index (χ1v) is 6.77. The summed E-state index contributed by atoms with van der Waals surface area (Å²) in [4.78, 5) is 0. The molecule has 7 N–H and O–H groups in total. The van der Waals surface area contributed by atoms with E-state index in [1.807, 2.05) is 0 Å². The Labute approximate surface area is 107 Å². The Kier molecular flexibility index (Phi) is 2.60. The number of rotatable bonds is 1. The molecule has 4 rings (SSSR count). The van der Waals surface area contributed by atoms with Gasteiger partial charge in [-0.1, -0.05) is 0 Å². The van der Waals surface area contributed by atoms with Crippen molar-refractivity contribution in [3.05, 3.63) is 0 Å². The number of hydrogen-bond donors (Lipinski definition) is 6. The highest BCUT2D eigenvalue weighted by Crippen LogP contribution is 2.55. The molecule has 4 aliphatic carbocycles. The Morgan fingerprint density at radius 1 is 0.944 bits per heavy atom. The molecule has 4 fully saturated rings. The maximum absolute atomic E-state index is 7.88. The van der Waals surface area contributed by atoms with Gasteiger partial charge in [-0.3, -0.25) is 21.7 Å². The molecule has 0 heterocycles. The van der Waals surface area contributed by atoms with Crippen LogP contribution < -0.4 is 21.9 Å². The van der Waals surface area contributed by atoms with E-state index in [0.29, 0.717) is 0 Å². The standard InChI is InChI=1S/C12H22N6/c13-10(14)17-18-11(15)16-12-4-7-1-8(5-12)3-9(2-7)6-12/h7-9H,1-6H2,(H4,13,14,17)(H3,15,16,18). The van der Waals surface area contributed by atoms with Gasteiger partial charge < -0.3 is 11.1 Å². The summed E-state index contributed by atoms with van der Waals surface area (Å²) in [6.45, 7) is 0. The molecule has 0 spiro atoms. The highest BCUT2D eigenvalue weighted by Gasteiger charge is 2.51. The zero-order valence-corrected chi connectivity index (χ0v) is 10.6. The second-order valence-electron chi connectivity index (χ2n) is 6.36. The van der Waals surface area contributed by atoms with Crippen molar-refractivity contribution in [3.8, 4) is 0 Å². The first-order valence-electron chi connectivity index (χ1n) is 6.77. The van der Waals surface area contributed by atoms with E-state index in [1.54, 1.807) is 0 Å². The molecular formula is C12H22N6. The fourth-order valence-corrected chi connectivity index (χ4v) is 4.69. The predicted octanol–water partition coefficient (Wildman–Crippen LogP) is 0.467. The zero-order chi connectivity index (χ0) is 12.8. The third-order valence-corrected chi connectivity index (χ3v) is 4.75. The lowest BCUT2D eigenvalue weighted by Crippen LogP contribution is -2.63.